The minimum absolute atomic E-state index is 0.389. The number of aromatic nitrogens is 2. The van der Waals surface area contributed by atoms with Crippen LogP contribution in [0.25, 0.3) is 0 Å². The Bertz CT molecular complexity index is 766. The number of hydrogen-bond acceptors (Lipinski definition) is 5. The van der Waals surface area contributed by atoms with Gasteiger partial charge in [-0.1, -0.05) is 50.2 Å². The first kappa shape index (κ1) is 18.8. The zero-order valence-electron chi connectivity index (χ0n) is 16.4. The fraction of sp³-hybridized carbons (Fsp3) is 0.545. The highest BCUT2D eigenvalue weighted by atomic mass is 32.2. The first-order valence-electron chi connectivity index (χ1n) is 10.2. The lowest BCUT2D eigenvalue weighted by atomic mass is 9.74. The number of piperidine rings is 1. The van der Waals surface area contributed by atoms with E-state index in [9.17, 15) is 0 Å². The van der Waals surface area contributed by atoms with E-state index >= 15 is 0 Å². The Balaban J connectivity index is 1.41. The molecule has 5 heteroatoms. The number of benzene rings is 1. The lowest BCUT2D eigenvalue weighted by Gasteiger charge is -2.42. The van der Waals surface area contributed by atoms with Crippen LogP contribution in [0.2, 0.25) is 0 Å². The molecular formula is C22H30N4S. The summed E-state index contributed by atoms with van der Waals surface area (Å²) >= 11 is 1.70. The molecule has 1 aromatic carbocycles. The molecule has 2 heterocycles. The predicted molar refractivity (Wildman–Crippen MR) is 112 cm³/mol. The third-order valence-corrected chi connectivity index (χ3v) is 7.44. The summed E-state index contributed by atoms with van der Waals surface area (Å²) in [4.78, 5) is 13.0. The highest BCUT2D eigenvalue weighted by Gasteiger charge is 2.42. The van der Waals surface area contributed by atoms with Crippen LogP contribution >= 0.6 is 11.8 Å². The van der Waals surface area contributed by atoms with Crippen molar-refractivity contribution in [3.63, 3.8) is 0 Å². The first-order valence-corrected chi connectivity index (χ1v) is 11.0. The minimum Gasteiger partial charge on any atom is -0.355 e. The van der Waals surface area contributed by atoms with E-state index in [0.717, 1.165) is 23.9 Å². The third-order valence-electron chi connectivity index (χ3n) is 6.43. The maximum Gasteiger partial charge on any atom is 0.147 e. The van der Waals surface area contributed by atoms with E-state index in [4.69, 9.17) is 10.7 Å². The second kappa shape index (κ2) is 7.80. The number of hydrogen-bond donors (Lipinski definition) is 1. The minimum atomic E-state index is 0.389. The monoisotopic (exact) mass is 382 g/mol. The normalized spacial score (nSPS) is 21.9. The number of nitrogens with two attached hydrogens (primary N) is 1. The number of anilines is 1. The molecule has 0 radical (unpaired) electrons. The number of nitrogens with zero attached hydrogens (tertiary/aromatic N) is 3. The highest BCUT2D eigenvalue weighted by Crippen LogP contribution is 2.45. The van der Waals surface area contributed by atoms with Gasteiger partial charge < -0.3 is 10.6 Å². The second-order valence-electron chi connectivity index (χ2n) is 8.36. The lowest BCUT2D eigenvalue weighted by Crippen LogP contribution is -2.47. The molecule has 2 aliphatic rings. The Morgan fingerprint density at radius 3 is 2.52 bits per heavy atom. The summed E-state index contributed by atoms with van der Waals surface area (Å²) in [5, 5.41) is 0.957. The molecule has 144 valence electrons. The Morgan fingerprint density at radius 2 is 1.89 bits per heavy atom. The zero-order chi connectivity index (χ0) is 18.9. The van der Waals surface area contributed by atoms with Crippen molar-refractivity contribution in [2.24, 2.45) is 11.1 Å². The largest absolute Gasteiger partial charge is 0.355 e. The van der Waals surface area contributed by atoms with Gasteiger partial charge in [0.15, 0.2) is 0 Å². The van der Waals surface area contributed by atoms with Gasteiger partial charge in [0, 0.05) is 24.0 Å². The summed E-state index contributed by atoms with van der Waals surface area (Å²) in [5.41, 5.74) is 8.16. The van der Waals surface area contributed by atoms with Crippen molar-refractivity contribution in [1.29, 1.82) is 0 Å². The van der Waals surface area contributed by atoms with E-state index in [2.05, 4.69) is 48.0 Å². The van der Waals surface area contributed by atoms with Gasteiger partial charge in [0.2, 0.25) is 0 Å². The van der Waals surface area contributed by atoms with E-state index in [1.807, 2.05) is 12.4 Å². The molecular weight excluding hydrogens is 352 g/mol. The van der Waals surface area contributed by atoms with Crippen LogP contribution in [0.5, 0.6) is 0 Å². The first-order chi connectivity index (χ1) is 13.1. The molecule has 1 saturated carbocycles. The Hall–Kier alpha value is -1.59. The zero-order valence-corrected chi connectivity index (χ0v) is 17.2. The fourth-order valence-electron chi connectivity index (χ4n) is 4.66. The van der Waals surface area contributed by atoms with Crippen molar-refractivity contribution in [3.05, 3.63) is 42.2 Å². The van der Waals surface area contributed by atoms with E-state index in [0.29, 0.717) is 17.4 Å². The molecule has 1 aliphatic carbocycles. The molecule has 0 amide bonds. The van der Waals surface area contributed by atoms with Crippen molar-refractivity contribution in [2.45, 2.75) is 67.8 Å². The van der Waals surface area contributed by atoms with Crippen LogP contribution in [0.3, 0.4) is 0 Å². The van der Waals surface area contributed by atoms with Gasteiger partial charge in [-0.3, -0.25) is 0 Å². The van der Waals surface area contributed by atoms with Crippen molar-refractivity contribution in [2.75, 3.05) is 18.0 Å². The van der Waals surface area contributed by atoms with Gasteiger partial charge in [-0.25, -0.2) is 9.97 Å². The van der Waals surface area contributed by atoms with E-state index in [-0.39, 0.29) is 0 Å². The van der Waals surface area contributed by atoms with Gasteiger partial charge in [-0.2, -0.15) is 0 Å². The van der Waals surface area contributed by atoms with Crippen LogP contribution < -0.4 is 10.6 Å². The van der Waals surface area contributed by atoms with Crippen molar-refractivity contribution in [3.8, 4) is 0 Å². The highest BCUT2D eigenvalue weighted by molar-refractivity contribution is 7.99. The van der Waals surface area contributed by atoms with Crippen LogP contribution in [0.15, 0.2) is 46.6 Å². The van der Waals surface area contributed by atoms with Gasteiger partial charge in [0.1, 0.15) is 10.8 Å². The van der Waals surface area contributed by atoms with E-state index < -0.39 is 0 Å². The van der Waals surface area contributed by atoms with Crippen LogP contribution in [-0.2, 0) is 0 Å². The molecule has 2 fully saturated rings. The predicted octanol–water partition coefficient (Wildman–Crippen LogP) is 4.85. The molecule has 2 aromatic rings. The van der Waals surface area contributed by atoms with Crippen molar-refractivity contribution in [1.82, 2.24) is 9.97 Å². The molecule has 1 aromatic heterocycles. The molecule has 1 aliphatic heterocycles. The molecule has 1 atom stereocenters. The molecule has 1 saturated heterocycles. The smallest absolute Gasteiger partial charge is 0.147 e. The van der Waals surface area contributed by atoms with Crippen LogP contribution in [-0.4, -0.2) is 29.1 Å². The third kappa shape index (κ3) is 3.85. The Kier molecular flexibility index (Phi) is 5.42. The summed E-state index contributed by atoms with van der Waals surface area (Å²) in [7, 11) is 0. The van der Waals surface area contributed by atoms with Gasteiger partial charge in [-0.05, 0) is 48.6 Å². The molecule has 2 N–H and O–H groups in total. The molecule has 4 rings (SSSR count). The topological polar surface area (TPSA) is 55.0 Å². The quantitative estimate of drug-likeness (QED) is 0.819. The molecule has 0 bridgehead atoms. The van der Waals surface area contributed by atoms with Crippen molar-refractivity contribution >= 4 is 17.6 Å². The summed E-state index contributed by atoms with van der Waals surface area (Å²) in [6.07, 6.45) is 10.0. The lowest BCUT2D eigenvalue weighted by molar-refractivity contribution is 0.197. The summed E-state index contributed by atoms with van der Waals surface area (Å²) in [6, 6.07) is 8.96. The summed E-state index contributed by atoms with van der Waals surface area (Å²) < 4.78 is 0. The van der Waals surface area contributed by atoms with Crippen LogP contribution in [0.4, 0.5) is 5.82 Å². The number of rotatable bonds is 4. The average Bonchev–Trinajstić information content (AvgIpc) is 3.03. The Labute approximate surface area is 167 Å². The maximum atomic E-state index is 6.41. The maximum absolute atomic E-state index is 6.41. The van der Waals surface area contributed by atoms with Gasteiger partial charge in [-0.15, -0.1) is 0 Å². The van der Waals surface area contributed by atoms with Crippen LogP contribution in [0.1, 0.15) is 57.4 Å². The average molecular weight is 383 g/mol. The summed E-state index contributed by atoms with van der Waals surface area (Å²) in [5.74, 6) is 1.50. The fourth-order valence-corrected chi connectivity index (χ4v) is 5.66. The Morgan fingerprint density at radius 1 is 1.11 bits per heavy atom. The SMILES string of the molecule is CC(C)c1ccccc1Sc1cnc(N2CCC3(CCC[C@@H]3N)CC2)cn1. The van der Waals surface area contributed by atoms with Crippen LogP contribution in [0, 0.1) is 5.41 Å². The molecule has 1 spiro atoms. The van der Waals surface area contributed by atoms with Gasteiger partial charge >= 0.3 is 0 Å². The molecule has 4 nitrogen and oxygen atoms in total. The molecule has 0 unspecified atom stereocenters. The molecule has 27 heavy (non-hydrogen) atoms. The van der Waals surface area contributed by atoms with E-state index in [1.165, 1.54) is 42.6 Å². The summed E-state index contributed by atoms with van der Waals surface area (Å²) in [6.45, 7) is 6.55. The van der Waals surface area contributed by atoms with Gasteiger partial charge in [0.05, 0.1) is 12.4 Å². The standard InChI is InChI=1S/C22H30N4S/c1-16(2)17-6-3-4-7-18(17)27-21-15-24-20(14-25-21)26-12-10-22(11-13-26)9-5-8-19(22)23/h3-4,6-7,14-16,19H,5,8-13,23H2,1-2H3/t19-/m0/s1. The van der Waals surface area contributed by atoms with Gasteiger partial charge in [0.25, 0.3) is 0 Å². The second-order valence-corrected chi connectivity index (χ2v) is 9.42. The van der Waals surface area contributed by atoms with E-state index in [1.54, 1.807) is 11.8 Å². The van der Waals surface area contributed by atoms with Crippen molar-refractivity contribution < 1.29 is 0 Å².